The second-order valence-corrected chi connectivity index (χ2v) is 4.79. The molecule has 1 fully saturated rings. The lowest BCUT2D eigenvalue weighted by Gasteiger charge is -2.49. The Morgan fingerprint density at radius 3 is 2.53 bits per heavy atom. The number of anilines is 1. The van der Waals surface area contributed by atoms with Gasteiger partial charge in [0.05, 0.1) is 11.0 Å². The first-order chi connectivity index (χ1) is 7.91. The van der Waals surface area contributed by atoms with Gasteiger partial charge in [-0.05, 0) is 6.42 Å². The average molecular weight is 238 g/mol. The maximum atomic E-state index is 10.4. The molecule has 1 aromatic heterocycles. The number of aliphatic hydroxyl groups excluding tert-OH is 1. The lowest BCUT2D eigenvalue weighted by molar-refractivity contribution is -0.385. The van der Waals surface area contributed by atoms with Gasteiger partial charge in [-0.15, -0.1) is 0 Å². The number of hydrogen-bond donors (Lipinski definition) is 2. The van der Waals surface area contributed by atoms with E-state index in [4.69, 9.17) is 0 Å². The predicted molar refractivity (Wildman–Crippen MR) is 60.5 cm³/mol. The molecule has 1 aromatic rings. The molecule has 0 radical (unpaired) electrons. The quantitative estimate of drug-likeness (QED) is 0.600. The molecule has 2 N–H and O–H groups in total. The van der Waals surface area contributed by atoms with Crippen LogP contribution in [-0.4, -0.2) is 32.1 Å². The Bertz CT molecular complexity index is 432. The van der Waals surface area contributed by atoms with Gasteiger partial charge < -0.3 is 10.4 Å². The molecule has 0 aromatic carbocycles. The lowest BCUT2D eigenvalue weighted by Crippen LogP contribution is -2.57. The van der Waals surface area contributed by atoms with Gasteiger partial charge >= 0.3 is 5.69 Å². The smallest absolute Gasteiger partial charge is 0.305 e. The molecule has 2 atom stereocenters. The summed E-state index contributed by atoms with van der Waals surface area (Å²) in [4.78, 5) is 17.6. The molecule has 92 valence electrons. The van der Waals surface area contributed by atoms with Crippen molar-refractivity contribution in [3.8, 4) is 0 Å². The van der Waals surface area contributed by atoms with Crippen molar-refractivity contribution in [2.24, 2.45) is 5.41 Å². The van der Waals surface area contributed by atoms with Crippen LogP contribution in [0.5, 0.6) is 0 Å². The molecule has 7 heteroatoms. The van der Waals surface area contributed by atoms with Gasteiger partial charge in [0.15, 0.2) is 0 Å². The first kappa shape index (κ1) is 11.7. The zero-order valence-corrected chi connectivity index (χ0v) is 9.62. The fourth-order valence-electron chi connectivity index (χ4n) is 1.79. The van der Waals surface area contributed by atoms with E-state index in [-0.39, 0.29) is 23.2 Å². The summed E-state index contributed by atoms with van der Waals surface area (Å²) in [5.41, 5.74) is -0.367. The van der Waals surface area contributed by atoms with Crippen molar-refractivity contribution in [1.82, 2.24) is 9.97 Å². The summed E-state index contributed by atoms with van der Waals surface area (Å²) in [6, 6.07) is 0.0824. The Morgan fingerprint density at radius 2 is 2.12 bits per heavy atom. The molecule has 2 unspecified atom stereocenters. The first-order valence-electron chi connectivity index (χ1n) is 5.32. The van der Waals surface area contributed by atoms with Gasteiger partial charge in [-0.25, -0.2) is 9.97 Å². The molecule has 0 spiro atoms. The van der Waals surface area contributed by atoms with E-state index < -0.39 is 4.92 Å². The van der Waals surface area contributed by atoms with Crippen molar-refractivity contribution in [2.75, 3.05) is 5.32 Å². The van der Waals surface area contributed by atoms with Crippen LogP contribution in [0, 0.1) is 15.5 Å². The molecule has 2 rings (SSSR count). The van der Waals surface area contributed by atoms with Gasteiger partial charge in [0.2, 0.25) is 5.95 Å². The van der Waals surface area contributed by atoms with Crippen LogP contribution in [0.3, 0.4) is 0 Å². The van der Waals surface area contributed by atoms with E-state index >= 15 is 0 Å². The Hall–Kier alpha value is -1.76. The topological polar surface area (TPSA) is 101 Å². The second kappa shape index (κ2) is 3.92. The fourth-order valence-corrected chi connectivity index (χ4v) is 1.79. The zero-order chi connectivity index (χ0) is 12.6. The summed E-state index contributed by atoms with van der Waals surface area (Å²) in [7, 11) is 0. The number of rotatable bonds is 3. The molecule has 7 nitrogen and oxygen atoms in total. The van der Waals surface area contributed by atoms with Gasteiger partial charge in [-0.1, -0.05) is 13.8 Å². The van der Waals surface area contributed by atoms with Crippen LogP contribution in [0.1, 0.15) is 20.3 Å². The largest absolute Gasteiger partial charge is 0.392 e. The van der Waals surface area contributed by atoms with E-state index in [1.54, 1.807) is 0 Å². The highest BCUT2D eigenvalue weighted by Gasteiger charge is 2.47. The highest BCUT2D eigenvalue weighted by atomic mass is 16.6. The molecule has 1 heterocycles. The number of nitrogens with one attached hydrogen (secondary N) is 1. The van der Waals surface area contributed by atoms with Crippen molar-refractivity contribution in [2.45, 2.75) is 32.4 Å². The Labute approximate surface area is 98.1 Å². The zero-order valence-electron chi connectivity index (χ0n) is 9.62. The third kappa shape index (κ3) is 2.05. The number of nitro groups is 1. The van der Waals surface area contributed by atoms with Crippen molar-refractivity contribution in [3.05, 3.63) is 22.5 Å². The second-order valence-electron chi connectivity index (χ2n) is 4.79. The molecular weight excluding hydrogens is 224 g/mol. The van der Waals surface area contributed by atoms with E-state index in [1.807, 2.05) is 13.8 Å². The minimum atomic E-state index is -0.541. The third-order valence-electron chi connectivity index (χ3n) is 3.37. The molecule has 0 bridgehead atoms. The molecule has 0 aliphatic heterocycles. The molecule has 17 heavy (non-hydrogen) atoms. The number of aliphatic hydroxyl groups is 1. The van der Waals surface area contributed by atoms with E-state index in [0.29, 0.717) is 12.4 Å². The standard InChI is InChI=1S/C10H14N4O3/c1-10(2)7(3-8(10)15)13-9-11-4-6(5-12-9)14(16)17/h4-5,7-8,15H,3H2,1-2H3,(H,11,12,13). The first-order valence-corrected chi connectivity index (χ1v) is 5.32. The Kier molecular flexibility index (Phi) is 2.70. The normalized spacial score (nSPS) is 26.1. The minimum absolute atomic E-state index is 0.0824. The molecule has 0 saturated heterocycles. The Balaban J connectivity index is 2.03. The van der Waals surface area contributed by atoms with Crippen molar-refractivity contribution in [3.63, 3.8) is 0 Å². The van der Waals surface area contributed by atoms with Gasteiger partial charge in [0.1, 0.15) is 12.4 Å². The van der Waals surface area contributed by atoms with Crippen LogP contribution >= 0.6 is 0 Å². The number of nitrogens with zero attached hydrogens (tertiary/aromatic N) is 3. The summed E-state index contributed by atoms with van der Waals surface area (Å²) < 4.78 is 0. The van der Waals surface area contributed by atoms with Crippen LogP contribution < -0.4 is 5.32 Å². The van der Waals surface area contributed by atoms with Crippen LogP contribution in [-0.2, 0) is 0 Å². The summed E-state index contributed by atoms with van der Waals surface area (Å²) in [6.45, 7) is 3.90. The van der Waals surface area contributed by atoms with Crippen LogP contribution in [0.2, 0.25) is 0 Å². The Morgan fingerprint density at radius 1 is 1.53 bits per heavy atom. The monoisotopic (exact) mass is 238 g/mol. The van der Waals surface area contributed by atoms with Crippen LogP contribution in [0.4, 0.5) is 11.6 Å². The van der Waals surface area contributed by atoms with Crippen molar-refractivity contribution in [1.29, 1.82) is 0 Å². The van der Waals surface area contributed by atoms with E-state index in [9.17, 15) is 15.2 Å². The molecule has 0 amide bonds. The van der Waals surface area contributed by atoms with Crippen molar-refractivity contribution < 1.29 is 10.0 Å². The van der Waals surface area contributed by atoms with Gasteiger partial charge in [0, 0.05) is 11.5 Å². The maximum absolute atomic E-state index is 10.4. The number of hydrogen-bond acceptors (Lipinski definition) is 6. The van der Waals surface area contributed by atoms with E-state index in [2.05, 4.69) is 15.3 Å². The molecule has 1 aliphatic rings. The SMILES string of the molecule is CC1(C)C(O)CC1Nc1ncc([N+](=O)[O-])cn1. The van der Waals surface area contributed by atoms with Crippen LogP contribution in [0.15, 0.2) is 12.4 Å². The summed E-state index contributed by atoms with van der Waals surface area (Å²) in [5, 5.41) is 23.1. The van der Waals surface area contributed by atoms with Crippen LogP contribution in [0.25, 0.3) is 0 Å². The lowest BCUT2D eigenvalue weighted by atomic mass is 9.65. The maximum Gasteiger partial charge on any atom is 0.305 e. The number of aromatic nitrogens is 2. The average Bonchev–Trinajstić information content (AvgIpc) is 2.29. The minimum Gasteiger partial charge on any atom is -0.392 e. The van der Waals surface area contributed by atoms with Gasteiger partial charge in [-0.3, -0.25) is 10.1 Å². The molecular formula is C10H14N4O3. The van der Waals surface area contributed by atoms with Crippen molar-refractivity contribution >= 4 is 11.6 Å². The highest BCUT2D eigenvalue weighted by molar-refractivity contribution is 5.33. The summed E-state index contributed by atoms with van der Waals surface area (Å²) in [5.74, 6) is 0.348. The third-order valence-corrected chi connectivity index (χ3v) is 3.37. The predicted octanol–water partition coefficient (Wildman–Crippen LogP) is 0.956. The summed E-state index contributed by atoms with van der Waals surface area (Å²) in [6.07, 6.45) is 2.63. The molecule has 1 aliphatic carbocycles. The van der Waals surface area contributed by atoms with E-state index in [0.717, 1.165) is 12.4 Å². The van der Waals surface area contributed by atoms with E-state index in [1.165, 1.54) is 0 Å². The molecule has 1 saturated carbocycles. The van der Waals surface area contributed by atoms with Gasteiger partial charge in [-0.2, -0.15) is 0 Å². The summed E-state index contributed by atoms with van der Waals surface area (Å²) >= 11 is 0. The van der Waals surface area contributed by atoms with Gasteiger partial charge in [0.25, 0.3) is 0 Å². The fraction of sp³-hybridized carbons (Fsp3) is 0.600. The highest BCUT2D eigenvalue weighted by Crippen LogP contribution is 2.41.